The molecule has 1 aliphatic heterocycles. The molecular formula is C21H21F6N7OS. The van der Waals surface area contributed by atoms with Gasteiger partial charge in [0.15, 0.2) is 5.69 Å². The Morgan fingerprint density at radius 2 is 1.78 bits per heavy atom. The summed E-state index contributed by atoms with van der Waals surface area (Å²) in [5.41, 5.74) is -3.99. The highest BCUT2D eigenvalue weighted by atomic mass is 32.2. The standard InChI is InChI=1S/C21H21F6N7OS/c1-36-34-6-4-12(5-7-34)31-19-28-8-14(20(22,23)24)17(32-19)15-9-33(11-29-15)16-3-2-13(10-35)30-18(16)21(25,26)27/h2-3,8-9,11-12,35H,4-7,10H2,1H3,(H,28,31,32). The lowest BCUT2D eigenvalue weighted by atomic mass is 10.1. The molecule has 0 aromatic carbocycles. The Bertz CT molecular complexity index is 1210. The Morgan fingerprint density at radius 1 is 1.06 bits per heavy atom. The molecule has 0 aliphatic carbocycles. The van der Waals surface area contributed by atoms with Gasteiger partial charge in [-0.1, -0.05) is 11.9 Å². The molecule has 0 amide bonds. The van der Waals surface area contributed by atoms with Crippen LogP contribution in [0.3, 0.4) is 0 Å². The summed E-state index contributed by atoms with van der Waals surface area (Å²) in [5.74, 6) is -0.0277. The van der Waals surface area contributed by atoms with Crippen molar-refractivity contribution in [2.75, 3.05) is 24.7 Å². The van der Waals surface area contributed by atoms with Crippen molar-refractivity contribution in [3.8, 4) is 17.1 Å². The van der Waals surface area contributed by atoms with Crippen LogP contribution in [0.2, 0.25) is 0 Å². The number of hydrogen-bond donors (Lipinski definition) is 2. The number of hydrogen-bond acceptors (Lipinski definition) is 8. The fraction of sp³-hybridized carbons (Fsp3) is 0.429. The highest BCUT2D eigenvalue weighted by molar-refractivity contribution is 7.96. The second-order valence-electron chi connectivity index (χ2n) is 7.98. The zero-order valence-electron chi connectivity index (χ0n) is 18.8. The van der Waals surface area contributed by atoms with Gasteiger partial charge in [0, 0.05) is 31.5 Å². The lowest BCUT2D eigenvalue weighted by Crippen LogP contribution is -2.35. The number of aliphatic hydroxyl groups excluding tert-OH is 1. The summed E-state index contributed by atoms with van der Waals surface area (Å²) in [6.45, 7) is 0.878. The number of nitrogens with one attached hydrogen (secondary N) is 1. The molecule has 3 aromatic heterocycles. The van der Waals surface area contributed by atoms with Crippen LogP contribution in [0.5, 0.6) is 0 Å². The van der Waals surface area contributed by atoms with Crippen LogP contribution in [0.4, 0.5) is 32.3 Å². The van der Waals surface area contributed by atoms with E-state index in [2.05, 4.69) is 29.6 Å². The van der Waals surface area contributed by atoms with Crippen molar-refractivity contribution < 1.29 is 31.4 Å². The van der Waals surface area contributed by atoms with Gasteiger partial charge in [-0.05, 0) is 31.2 Å². The average Bonchev–Trinajstić information content (AvgIpc) is 3.33. The van der Waals surface area contributed by atoms with E-state index in [0.717, 1.165) is 49.1 Å². The fourth-order valence-corrected chi connectivity index (χ4v) is 4.37. The Labute approximate surface area is 205 Å². The molecule has 1 aliphatic rings. The molecule has 4 rings (SSSR count). The van der Waals surface area contributed by atoms with E-state index in [9.17, 15) is 26.3 Å². The molecule has 36 heavy (non-hydrogen) atoms. The number of nitrogens with zero attached hydrogens (tertiary/aromatic N) is 6. The molecule has 0 saturated carbocycles. The molecule has 0 spiro atoms. The van der Waals surface area contributed by atoms with Gasteiger partial charge >= 0.3 is 12.4 Å². The summed E-state index contributed by atoms with van der Waals surface area (Å²) >= 11 is 1.61. The first kappa shape index (κ1) is 26.2. The molecular weight excluding hydrogens is 512 g/mol. The van der Waals surface area contributed by atoms with Crippen molar-refractivity contribution in [2.45, 2.75) is 37.8 Å². The van der Waals surface area contributed by atoms with Crippen molar-refractivity contribution in [1.29, 1.82) is 0 Å². The highest BCUT2D eigenvalue weighted by Crippen LogP contribution is 2.37. The number of aliphatic hydroxyl groups is 1. The molecule has 0 radical (unpaired) electrons. The quantitative estimate of drug-likeness (QED) is 0.356. The van der Waals surface area contributed by atoms with Gasteiger partial charge < -0.3 is 15.0 Å². The number of halogens is 6. The van der Waals surface area contributed by atoms with Gasteiger partial charge in [-0.25, -0.2) is 19.9 Å². The Hall–Kier alpha value is -2.91. The second-order valence-corrected chi connectivity index (χ2v) is 8.86. The number of rotatable bonds is 6. The van der Waals surface area contributed by atoms with E-state index in [0.29, 0.717) is 6.20 Å². The maximum absolute atomic E-state index is 13.7. The van der Waals surface area contributed by atoms with E-state index in [1.54, 1.807) is 11.9 Å². The largest absolute Gasteiger partial charge is 0.435 e. The minimum absolute atomic E-state index is 0.0277. The van der Waals surface area contributed by atoms with Crippen LogP contribution in [0.15, 0.2) is 30.9 Å². The highest BCUT2D eigenvalue weighted by Gasteiger charge is 2.38. The zero-order chi connectivity index (χ0) is 26.1. The number of anilines is 1. The molecule has 3 aromatic rings. The van der Waals surface area contributed by atoms with Crippen LogP contribution in [-0.2, 0) is 19.0 Å². The third-order valence-electron chi connectivity index (χ3n) is 5.61. The number of piperidine rings is 1. The summed E-state index contributed by atoms with van der Waals surface area (Å²) in [4.78, 5) is 15.2. The third-order valence-corrected chi connectivity index (χ3v) is 6.49. The van der Waals surface area contributed by atoms with Gasteiger partial charge in [-0.3, -0.25) is 4.31 Å². The van der Waals surface area contributed by atoms with Crippen LogP contribution < -0.4 is 5.32 Å². The maximum Gasteiger partial charge on any atom is 0.435 e. The van der Waals surface area contributed by atoms with Gasteiger partial charge in [-0.15, -0.1) is 0 Å². The van der Waals surface area contributed by atoms with Gasteiger partial charge in [0.05, 0.1) is 18.0 Å². The van der Waals surface area contributed by atoms with Gasteiger partial charge in [0.25, 0.3) is 0 Å². The van der Waals surface area contributed by atoms with Crippen LogP contribution >= 0.6 is 11.9 Å². The van der Waals surface area contributed by atoms with E-state index >= 15 is 0 Å². The lowest BCUT2D eigenvalue weighted by Gasteiger charge is -2.30. The molecule has 1 fully saturated rings. The zero-order valence-corrected chi connectivity index (χ0v) is 19.6. The van der Waals surface area contributed by atoms with Gasteiger partial charge in [-0.2, -0.15) is 26.3 Å². The van der Waals surface area contributed by atoms with Crippen molar-refractivity contribution >= 4 is 17.9 Å². The normalized spacial score (nSPS) is 15.9. The summed E-state index contributed by atoms with van der Waals surface area (Å²) in [6, 6.07) is 2.20. The molecule has 4 heterocycles. The molecule has 8 nitrogen and oxygen atoms in total. The Balaban J connectivity index is 1.69. The summed E-state index contributed by atoms with van der Waals surface area (Å²) in [6.07, 6.45) is -3.63. The first-order chi connectivity index (χ1) is 17.0. The smallest absolute Gasteiger partial charge is 0.390 e. The van der Waals surface area contributed by atoms with Crippen molar-refractivity contribution in [1.82, 2.24) is 28.8 Å². The minimum atomic E-state index is -4.88. The van der Waals surface area contributed by atoms with E-state index in [1.807, 2.05) is 6.26 Å². The number of imidazole rings is 1. The summed E-state index contributed by atoms with van der Waals surface area (Å²) in [7, 11) is 0. The first-order valence-electron chi connectivity index (χ1n) is 10.7. The predicted octanol–water partition coefficient (Wildman–Crippen LogP) is 4.41. The lowest BCUT2D eigenvalue weighted by molar-refractivity contribution is -0.141. The summed E-state index contributed by atoms with van der Waals surface area (Å²) < 4.78 is 84.9. The molecule has 194 valence electrons. The summed E-state index contributed by atoms with van der Waals surface area (Å²) in [5, 5.41) is 12.2. The van der Waals surface area contributed by atoms with Crippen LogP contribution in [0.25, 0.3) is 17.1 Å². The van der Waals surface area contributed by atoms with Crippen LogP contribution in [-0.4, -0.2) is 59.3 Å². The first-order valence-corrected chi connectivity index (χ1v) is 11.9. The average molecular weight is 534 g/mol. The van der Waals surface area contributed by atoms with E-state index in [-0.39, 0.29) is 23.4 Å². The van der Waals surface area contributed by atoms with E-state index in [4.69, 9.17) is 5.11 Å². The maximum atomic E-state index is 13.7. The monoisotopic (exact) mass is 533 g/mol. The second kappa shape index (κ2) is 10.2. The molecule has 0 unspecified atom stereocenters. The van der Waals surface area contributed by atoms with Gasteiger partial charge in [0.1, 0.15) is 23.3 Å². The molecule has 0 atom stereocenters. The van der Waals surface area contributed by atoms with Crippen molar-refractivity contribution in [3.63, 3.8) is 0 Å². The third kappa shape index (κ3) is 5.73. The van der Waals surface area contributed by atoms with Crippen LogP contribution in [0, 0.1) is 0 Å². The number of alkyl halides is 6. The Kier molecular flexibility index (Phi) is 7.43. The fourth-order valence-electron chi connectivity index (χ4n) is 3.79. The SMILES string of the molecule is CSN1CCC(Nc2ncc(C(F)(F)F)c(-c3cn(-c4ccc(CO)nc4C(F)(F)F)cn3)n2)CC1. The molecule has 15 heteroatoms. The van der Waals surface area contributed by atoms with E-state index < -0.39 is 41.6 Å². The van der Waals surface area contributed by atoms with E-state index in [1.165, 1.54) is 6.07 Å². The number of aromatic nitrogens is 5. The predicted molar refractivity (Wildman–Crippen MR) is 120 cm³/mol. The molecule has 2 N–H and O–H groups in total. The topological polar surface area (TPSA) is 92.0 Å². The van der Waals surface area contributed by atoms with Crippen LogP contribution in [0.1, 0.15) is 29.8 Å². The number of pyridine rings is 1. The van der Waals surface area contributed by atoms with Crippen molar-refractivity contribution in [2.24, 2.45) is 0 Å². The molecule has 1 saturated heterocycles. The van der Waals surface area contributed by atoms with Gasteiger partial charge in [0.2, 0.25) is 5.95 Å². The van der Waals surface area contributed by atoms with Crippen molar-refractivity contribution in [3.05, 3.63) is 47.8 Å². The Morgan fingerprint density at radius 3 is 2.39 bits per heavy atom. The minimum Gasteiger partial charge on any atom is -0.390 e. The molecule has 0 bridgehead atoms.